The van der Waals surface area contributed by atoms with Gasteiger partial charge < -0.3 is 9.64 Å². The summed E-state index contributed by atoms with van der Waals surface area (Å²) in [5.41, 5.74) is 0.0394. The van der Waals surface area contributed by atoms with Crippen LogP contribution in [0.5, 0.6) is 0 Å². The van der Waals surface area contributed by atoms with Crippen molar-refractivity contribution in [1.29, 1.82) is 0 Å². The predicted octanol–water partition coefficient (Wildman–Crippen LogP) is 4.32. The van der Waals surface area contributed by atoms with Gasteiger partial charge in [-0.15, -0.1) is 0 Å². The number of fused-ring (bicyclic) bond motifs is 1. The number of carbonyl (C=O) groups is 1. The van der Waals surface area contributed by atoms with Crippen molar-refractivity contribution in [2.24, 2.45) is 23.2 Å². The Balaban J connectivity index is 1.84. The molecule has 1 aliphatic heterocycles. The van der Waals surface area contributed by atoms with E-state index in [-0.39, 0.29) is 11.7 Å². The fourth-order valence-corrected chi connectivity index (χ4v) is 3.93. The average molecular weight is 281 g/mol. The van der Waals surface area contributed by atoms with Crippen molar-refractivity contribution in [2.45, 2.75) is 66.4 Å². The normalized spacial score (nSPS) is 30.5. The summed E-state index contributed by atoms with van der Waals surface area (Å²) in [5, 5.41) is 0. The summed E-state index contributed by atoms with van der Waals surface area (Å²) in [6.07, 6.45) is 3.77. The Bertz CT molecular complexity index is 350. The third-order valence-electron chi connectivity index (χ3n) is 4.40. The second-order valence-corrected chi connectivity index (χ2v) is 9.01. The van der Waals surface area contributed by atoms with Crippen molar-refractivity contribution in [2.75, 3.05) is 13.1 Å². The first-order chi connectivity index (χ1) is 9.03. The first-order valence-corrected chi connectivity index (χ1v) is 8.01. The minimum Gasteiger partial charge on any atom is -0.444 e. The van der Waals surface area contributed by atoms with Crippen molar-refractivity contribution in [3.8, 4) is 0 Å². The zero-order valence-electron chi connectivity index (χ0n) is 14.0. The van der Waals surface area contributed by atoms with E-state index in [9.17, 15) is 4.79 Å². The average Bonchev–Trinajstić information content (AvgIpc) is 2.68. The van der Waals surface area contributed by atoms with E-state index in [0.717, 1.165) is 19.0 Å². The highest BCUT2D eigenvalue weighted by Gasteiger charge is 2.43. The molecule has 1 amide bonds. The molecule has 2 rings (SSSR count). The Morgan fingerprint density at radius 2 is 1.55 bits per heavy atom. The molecule has 3 nitrogen and oxygen atoms in total. The molecule has 2 fully saturated rings. The maximum absolute atomic E-state index is 12.1. The van der Waals surface area contributed by atoms with Crippen molar-refractivity contribution >= 4 is 6.09 Å². The zero-order valence-corrected chi connectivity index (χ0v) is 14.0. The lowest BCUT2D eigenvalue weighted by Gasteiger charge is -2.26. The SMILES string of the molecule is CC(C)(C)CC1C[C@@H]2CN(C(=O)OC(C)(C)C)C[C@@H]2C1. The topological polar surface area (TPSA) is 29.5 Å². The molecule has 1 saturated carbocycles. The minimum atomic E-state index is -0.385. The number of carbonyl (C=O) groups excluding carboxylic acids is 1. The molecule has 1 heterocycles. The molecule has 116 valence electrons. The molecule has 0 aromatic carbocycles. The molecule has 0 radical (unpaired) electrons. The van der Waals surface area contributed by atoms with E-state index in [1.165, 1.54) is 19.3 Å². The van der Waals surface area contributed by atoms with Gasteiger partial charge in [0.25, 0.3) is 0 Å². The van der Waals surface area contributed by atoms with Gasteiger partial charge in [0.05, 0.1) is 0 Å². The lowest BCUT2D eigenvalue weighted by atomic mass is 9.83. The molecule has 20 heavy (non-hydrogen) atoms. The van der Waals surface area contributed by atoms with Crippen molar-refractivity contribution in [3.63, 3.8) is 0 Å². The second kappa shape index (κ2) is 5.23. The summed E-state index contributed by atoms with van der Waals surface area (Å²) in [6.45, 7) is 14.6. The number of hydrogen-bond donors (Lipinski definition) is 0. The van der Waals surface area contributed by atoms with Crippen LogP contribution in [0.15, 0.2) is 0 Å². The summed E-state index contributed by atoms with van der Waals surface area (Å²) in [6, 6.07) is 0. The molecule has 3 atom stereocenters. The number of rotatable bonds is 1. The van der Waals surface area contributed by atoms with Gasteiger partial charge in [-0.1, -0.05) is 20.8 Å². The number of likely N-dealkylation sites (tertiary alicyclic amines) is 1. The maximum atomic E-state index is 12.1. The Labute approximate surface area is 124 Å². The van der Waals surface area contributed by atoms with Crippen LogP contribution in [0, 0.1) is 23.2 Å². The van der Waals surface area contributed by atoms with Crippen LogP contribution in [0.1, 0.15) is 60.8 Å². The highest BCUT2D eigenvalue weighted by atomic mass is 16.6. The van der Waals surface area contributed by atoms with Gasteiger partial charge in [0, 0.05) is 13.1 Å². The fourth-order valence-electron chi connectivity index (χ4n) is 3.93. The third-order valence-corrected chi connectivity index (χ3v) is 4.40. The van der Waals surface area contributed by atoms with Gasteiger partial charge in [-0.3, -0.25) is 0 Å². The first-order valence-electron chi connectivity index (χ1n) is 8.01. The van der Waals surface area contributed by atoms with Gasteiger partial charge in [0.15, 0.2) is 0 Å². The van der Waals surface area contributed by atoms with Crippen LogP contribution >= 0.6 is 0 Å². The van der Waals surface area contributed by atoms with Gasteiger partial charge in [-0.2, -0.15) is 0 Å². The summed E-state index contributed by atoms with van der Waals surface area (Å²) < 4.78 is 5.48. The molecule has 0 aromatic rings. The van der Waals surface area contributed by atoms with E-state index in [0.29, 0.717) is 17.3 Å². The molecule has 1 unspecified atom stereocenters. The van der Waals surface area contributed by atoms with E-state index in [2.05, 4.69) is 20.8 Å². The Morgan fingerprint density at radius 3 is 1.95 bits per heavy atom. The molecule has 1 aliphatic carbocycles. The van der Waals surface area contributed by atoms with Gasteiger partial charge in [0.1, 0.15) is 5.60 Å². The lowest BCUT2D eigenvalue weighted by molar-refractivity contribution is 0.0276. The van der Waals surface area contributed by atoms with Crippen LogP contribution in [0.4, 0.5) is 4.79 Å². The molecule has 0 N–H and O–H groups in total. The van der Waals surface area contributed by atoms with E-state index in [1.54, 1.807) is 0 Å². The number of nitrogens with zero attached hydrogens (tertiary/aromatic N) is 1. The van der Waals surface area contributed by atoms with Crippen molar-refractivity contribution < 1.29 is 9.53 Å². The van der Waals surface area contributed by atoms with Crippen LogP contribution in [0.3, 0.4) is 0 Å². The first kappa shape index (κ1) is 15.7. The van der Waals surface area contributed by atoms with Crippen LogP contribution in [0.2, 0.25) is 0 Å². The molecule has 0 aromatic heterocycles. The van der Waals surface area contributed by atoms with Gasteiger partial charge in [-0.25, -0.2) is 4.79 Å². The number of amides is 1. The van der Waals surface area contributed by atoms with E-state index in [4.69, 9.17) is 4.74 Å². The van der Waals surface area contributed by atoms with E-state index < -0.39 is 0 Å². The Hall–Kier alpha value is -0.730. The van der Waals surface area contributed by atoms with Crippen molar-refractivity contribution in [3.05, 3.63) is 0 Å². The summed E-state index contributed by atoms with van der Waals surface area (Å²) in [4.78, 5) is 14.0. The van der Waals surface area contributed by atoms with Gasteiger partial charge in [0.2, 0.25) is 0 Å². The third kappa shape index (κ3) is 4.13. The highest BCUT2D eigenvalue weighted by molar-refractivity contribution is 5.68. The summed E-state index contributed by atoms with van der Waals surface area (Å²) >= 11 is 0. The van der Waals surface area contributed by atoms with Gasteiger partial charge in [-0.05, 0) is 63.2 Å². The summed E-state index contributed by atoms with van der Waals surface area (Å²) in [5.74, 6) is 2.26. The standard InChI is InChI=1S/C17H31NO2/c1-16(2,3)9-12-7-13-10-18(11-14(13)8-12)15(19)20-17(4,5)6/h12-14H,7-11H2,1-6H3/t12?,13-,14+. The zero-order chi connectivity index (χ0) is 15.1. The molecule has 3 heteroatoms. The Morgan fingerprint density at radius 1 is 1.05 bits per heavy atom. The van der Waals surface area contributed by atoms with Crippen LogP contribution in [-0.4, -0.2) is 29.7 Å². The highest BCUT2D eigenvalue weighted by Crippen LogP contribution is 2.45. The second-order valence-electron chi connectivity index (χ2n) is 9.01. The Kier molecular flexibility index (Phi) is 4.10. The van der Waals surface area contributed by atoms with Crippen LogP contribution < -0.4 is 0 Å². The largest absolute Gasteiger partial charge is 0.444 e. The lowest BCUT2D eigenvalue weighted by Crippen LogP contribution is -2.36. The monoisotopic (exact) mass is 281 g/mol. The molecule has 1 saturated heterocycles. The predicted molar refractivity (Wildman–Crippen MR) is 81.6 cm³/mol. The number of ether oxygens (including phenoxy) is 1. The molecule has 0 bridgehead atoms. The maximum Gasteiger partial charge on any atom is 0.410 e. The smallest absolute Gasteiger partial charge is 0.410 e. The minimum absolute atomic E-state index is 0.126. The van der Waals surface area contributed by atoms with E-state index >= 15 is 0 Å². The molecule has 0 spiro atoms. The quantitative estimate of drug-likeness (QED) is 0.716. The summed E-state index contributed by atoms with van der Waals surface area (Å²) in [7, 11) is 0. The van der Waals surface area contributed by atoms with Crippen molar-refractivity contribution in [1.82, 2.24) is 4.90 Å². The molecule has 2 aliphatic rings. The fraction of sp³-hybridized carbons (Fsp3) is 0.941. The number of hydrogen-bond acceptors (Lipinski definition) is 2. The molecular formula is C17H31NO2. The van der Waals surface area contributed by atoms with Crippen LogP contribution in [-0.2, 0) is 4.74 Å². The van der Waals surface area contributed by atoms with Gasteiger partial charge >= 0.3 is 6.09 Å². The van der Waals surface area contributed by atoms with Crippen LogP contribution in [0.25, 0.3) is 0 Å². The molecular weight excluding hydrogens is 250 g/mol. The van der Waals surface area contributed by atoms with E-state index in [1.807, 2.05) is 25.7 Å².